The van der Waals surface area contributed by atoms with Gasteiger partial charge in [-0.2, -0.15) is 0 Å². The van der Waals surface area contributed by atoms with E-state index < -0.39 is 11.7 Å². The Kier molecular flexibility index (Phi) is 3.73. The molecule has 0 aromatic rings. The van der Waals surface area contributed by atoms with Crippen LogP contribution in [0.25, 0.3) is 0 Å². The smallest absolute Gasteiger partial charge is 0.408 e. The molecule has 0 saturated carbocycles. The van der Waals surface area contributed by atoms with Gasteiger partial charge in [-0.3, -0.25) is 4.79 Å². The third-order valence-electron chi connectivity index (χ3n) is 0.829. The molecule has 0 aromatic carbocycles. The third kappa shape index (κ3) is 7.05. The highest BCUT2D eigenvalue weighted by molar-refractivity contribution is 5.87. The van der Waals surface area contributed by atoms with E-state index in [-0.39, 0.29) is 12.3 Å². The Balaban J connectivity index is 3.68. The number of rotatable bonds is 2. The number of hydrogen-bond donors (Lipinski definition) is 1. The molecule has 0 saturated heterocycles. The fraction of sp³-hybridized carbons (Fsp3) is 0.625. The van der Waals surface area contributed by atoms with Gasteiger partial charge in [0.25, 0.3) is 0 Å². The fourth-order valence-corrected chi connectivity index (χ4v) is 0.485. The number of nitrogens with one attached hydrogen (secondary N) is 1. The summed E-state index contributed by atoms with van der Waals surface area (Å²) in [6, 6.07) is 0. The Labute approximate surface area is 72.3 Å². The first-order chi connectivity index (χ1) is 5.31. The maximum absolute atomic E-state index is 10.8. The maximum Gasteiger partial charge on any atom is 0.408 e. The second kappa shape index (κ2) is 4.09. The van der Waals surface area contributed by atoms with Gasteiger partial charge in [0, 0.05) is 6.92 Å². The highest BCUT2D eigenvalue weighted by Crippen LogP contribution is 2.05. The highest BCUT2D eigenvalue weighted by atomic mass is 16.6. The van der Waals surface area contributed by atoms with Crippen molar-refractivity contribution in [3.8, 4) is 0 Å². The number of carbonyl (C=O) groups is 2. The van der Waals surface area contributed by atoms with Crippen molar-refractivity contribution in [3.63, 3.8) is 0 Å². The van der Waals surface area contributed by atoms with Crippen LogP contribution < -0.4 is 5.32 Å². The molecule has 0 bridgehead atoms. The Bertz CT molecular complexity index is 181. The molecular formula is C8H14NO3. The summed E-state index contributed by atoms with van der Waals surface area (Å²) in [7, 11) is 0. The summed E-state index contributed by atoms with van der Waals surface area (Å²) in [5.74, 6) is -0.346. The van der Waals surface area contributed by atoms with E-state index in [1.165, 1.54) is 0 Å². The van der Waals surface area contributed by atoms with Crippen LogP contribution in [-0.4, -0.2) is 24.0 Å². The van der Waals surface area contributed by atoms with Gasteiger partial charge in [0.15, 0.2) is 5.78 Å². The third-order valence-corrected chi connectivity index (χ3v) is 0.829. The molecule has 4 nitrogen and oxygen atoms in total. The van der Waals surface area contributed by atoms with Gasteiger partial charge in [0.1, 0.15) is 5.60 Å². The van der Waals surface area contributed by atoms with Crippen LogP contribution in [0.1, 0.15) is 20.8 Å². The van der Waals surface area contributed by atoms with E-state index in [1.807, 2.05) is 0 Å². The molecule has 0 aromatic heterocycles. The van der Waals surface area contributed by atoms with E-state index in [0.29, 0.717) is 0 Å². The molecule has 69 valence electrons. The van der Waals surface area contributed by atoms with Crippen molar-refractivity contribution in [2.45, 2.75) is 26.4 Å². The average Bonchev–Trinajstić information content (AvgIpc) is 1.79. The summed E-state index contributed by atoms with van der Waals surface area (Å²) in [6.45, 7) is 8.26. The van der Waals surface area contributed by atoms with Crippen molar-refractivity contribution in [1.82, 2.24) is 5.32 Å². The predicted molar refractivity (Wildman–Crippen MR) is 44.6 cm³/mol. The lowest BCUT2D eigenvalue weighted by Gasteiger charge is -2.19. The quantitative estimate of drug-likeness (QED) is 0.673. The molecule has 12 heavy (non-hydrogen) atoms. The van der Waals surface area contributed by atoms with Crippen molar-refractivity contribution >= 4 is 11.9 Å². The molecule has 0 atom stereocenters. The topological polar surface area (TPSA) is 55.4 Å². The van der Waals surface area contributed by atoms with Gasteiger partial charge in [-0.05, 0) is 20.8 Å². The number of ether oxygens (including phenoxy) is 1. The zero-order chi connectivity index (χ0) is 9.78. The van der Waals surface area contributed by atoms with Gasteiger partial charge in [-0.25, -0.2) is 4.79 Å². The van der Waals surface area contributed by atoms with E-state index in [0.717, 1.165) is 0 Å². The Hall–Kier alpha value is -1.06. The highest BCUT2D eigenvalue weighted by Gasteiger charge is 2.15. The lowest BCUT2D eigenvalue weighted by molar-refractivity contribution is -0.114. The molecule has 0 rings (SSSR count). The van der Waals surface area contributed by atoms with E-state index in [1.54, 1.807) is 20.8 Å². The van der Waals surface area contributed by atoms with Crippen LogP contribution in [0.4, 0.5) is 4.79 Å². The van der Waals surface area contributed by atoms with Crippen LogP contribution in [0, 0.1) is 6.92 Å². The monoisotopic (exact) mass is 172 g/mol. The first kappa shape index (κ1) is 10.9. The lowest BCUT2D eigenvalue weighted by atomic mass is 10.2. The van der Waals surface area contributed by atoms with Crippen molar-refractivity contribution < 1.29 is 14.3 Å². The summed E-state index contributed by atoms with van der Waals surface area (Å²) in [4.78, 5) is 21.2. The fourth-order valence-electron chi connectivity index (χ4n) is 0.485. The van der Waals surface area contributed by atoms with Crippen molar-refractivity contribution in [2.24, 2.45) is 0 Å². The summed E-state index contributed by atoms with van der Waals surface area (Å²) < 4.78 is 4.86. The van der Waals surface area contributed by atoms with Crippen molar-refractivity contribution in [2.75, 3.05) is 6.54 Å². The number of alkyl carbamates (subject to hydrolysis) is 1. The Morgan fingerprint density at radius 3 is 2.25 bits per heavy atom. The first-order valence-corrected chi connectivity index (χ1v) is 3.63. The molecule has 0 spiro atoms. The van der Waals surface area contributed by atoms with Gasteiger partial charge >= 0.3 is 6.09 Å². The second-order valence-corrected chi connectivity index (χ2v) is 3.39. The minimum absolute atomic E-state index is 0.0884. The number of ketones is 1. The van der Waals surface area contributed by atoms with E-state index >= 15 is 0 Å². The molecule has 0 aliphatic heterocycles. The van der Waals surface area contributed by atoms with Crippen LogP contribution in [0.2, 0.25) is 0 Å². The van der Waals surface area contributed by atoms with Crippen LogP contribution in [-0.2, 0) is 9.53 Å². The van der Waals surface area contributed by atoms with Gasteiger partial charge < -0.3 is 10.1 Å². The molecule has 0 fully saturated rings. The van der Waals surface area contributed by atoms with Gasteiger partial charge in [-0.15, -0.1) is 0 Å². The largest absolute Gasteiger partial charge is 0.444 e. The Morgan fingerprint density at radius 1 is 1.42 bits per heavy atom. The van der Waals surface area contributed by atoms with Crippen LogP contribution >= 0.6 is 0 Å². The summed E-state index contributed by atoms with van der Waals surface area (Å²) >= 11 is 0. The SMILES string of the molecule is [CH2]C(=O)CNC(=O)OC(C)(C)C. The predicted octanol–water partition coefficient (Wildman–Crippen LogP) is 0.914. The van der Waals surface area contributed by atoms with E-state index in [9.17, 15) is 9.59 Å². The molecule has 1 N–H and O–H groups in total. The second-order valence-electron chi connectivity index (χ2n) is 3.39. The minimum Gasteiger partial charge on any atom is -0.444 e. The molecule has 4 heteroatoms. The lowest BCUT2D eigenvalue weighted by Crippen LogP contribution is -2.34. The minimum atomic E-state index is -0.598. The van der Waals surface area contributed by atoms with Gasteiger partial charge in [0.05, 0.1) is 6.54 Å². The van der Waals surface area contributed by atoms with Gasteiger partial charge in [0.2, 0.25) is 0 Å². The average molecular weight is 172 g/mol. The first-order valence-electron chi connectivity index (χ1n) is 3.63. The zero-order valence-corrected chi connectivity index (χ0v) is 7.64. The van der Waals surface area contributed by atoms with Crippen LogP contribution in [0.15, 0.2) is 0 Å². The summed E-state index contributed by atoms with van der Waals surface area (Å²) in [5.41, 5.74) is -0.533. The van der Waals surface area contributed by atoms with Gasteiger partial charge in [-0.1, -0.05) is 0 Å². The molecule has 0 aliphatic rings. The molecular weight excluding hydrogens is 158 g/mol. The number of amides is 1. The number of Topliss-reactive ketones (excluding diaryl/α,β-unsaturated/α-hetero) is 1. The normalized spacial score (nSPS) is 10.7. The van der Waals surface area contributed by atoms with Crippen LogP contribution in [0.3, 0.4) is 0 Å². The van der Waals surface area contributed by atoms with Crippen molar-refractivity contribution in [1.29, 1.82) is 0 Å². The molecule has 0 unspecified atom stereocenters. The van der Waals surface area contributed by atoms with E-state index in [4.69, 9.17) is 4.74 Å². The molecule has 0 heterocycles. The molecule has 1 radical (unpaired) electrons. The number of carbonyl (C=O) groups excluding carboxylic acids is 2. The summed E-state index contributed by atoms with van der Waals surface area (Å²) in [6.07, 6.45) is -0.598. The van der Waals surface area contributed by atoms with Crippen molar-refractivity contribution in [3.05, 3.63) is 6.92 Å². The number of hydrogen-bond acceptors (Lipinski definition) is 3. The summed E-state index contributed by atoms with van der Waals surface area (Å²) in [5, 5.41) is 2.27. The maximum atomic E-state index is 10.8. The van der Waals surface area contributed by atoms with E-state index in [2.05, 4.69) is 12.2 Å². The Morgan fingerprint density at radius 2 is 1.92 bits per heavy atom. The molecule has 1 amide bonds. The zero-order valence-electron chi connectivity index (χ0n) is 7.64. The van der Waals surface area contributed by atoms with Crippen LogP contribution in [0.5, 0.6) is 0 Å². The standard InChI is InChI=1S/C8H14NO3/c1-6(10)5-9-7(11)12-8(2,3)4/h1,5H2,2-4H3,(H,9,11). The molecule has 0 aliphatic carbocycles.